The highest BCUT2D eigenvalue weighted by Gasteiger charge is 2.29. The van der Waals surface area contributed by atoms with Crippen molar-refractivity contribution in [3.8, 4) is 0 Å². The Morgan fingerprint density at radius 3 is 2.89 bits per heavy atom. The lowest BCUT2D eigenvalue weighted by molar-refractivity contribution is -0.139. The third-order valence-electron chi connectivity index (χ3n) is 3.43. The van der Waals surface area contributed by atoms with Gasteiger partial charge in [-0.3, -0.25) is 9.59 Å². The van der Waals surface area contributed by atoms with Gasteiger partial charge in [-0.05, 0) is 31.7 Å². The van der Waals surface area contributed by atoms with Gasteiger partial charge >= 0.3 is 0 Å². The number of rotatable bonds is 4. The second kappa shape index (κ2) is 6.19. The summed E-state index contributed by atoms with van der Waals surface area (Å²) in [4.78, 5) is 26.8. The molecule has 19 heavy (non-hydrogen) atoms. The topological polar surface area (TPSA) is 49.4 Å². The van der Waals surface area contributed by atoms with Crippen LogP contribution in [0.4, 0.5) is 0 Å². The molecule has 1 fully saturated rings. The van der Waals surface area contributed by atoms with E-state index in [-0.39, 0.29) is 23.8 Å². The summed E-state index contributed by atoms with van der Waals surface area (Å²) in [5.74, 6) is 0.141. The molecule has 1 aromatic heterocycles. The lowest BCUT2D eigenvalue weighted by Crippen LogP contribution is -2.46. The first-order valence-electron chi connectivity index (χ1n) is 6.67. The number of nitrogens with zero attached hydrogens (tertiary/aromatic N) is 1. The van der Waals surface area contributed by atoms with Crippen molar-refractivity contribution in [2.24, 2.45) is 5.92 Å². The molecular formula is C14H20N2O2S. The van der Waals surface area contributed by atoms with Crippen molar-refractivity contribution in [1.82, 2.24) is 10.2 Å². The number of hydrogen-bond acceptors (Lipinski definition) is 3. The van der Waals surface area contributed by atoms with E-state index >= 15 is 0 Å². The molecule has 0 aromatic carbocycles. The predicted octanol–water partition coefficient (Wildman–Crippen LogP) is 2.01. The van der Waals surface area contributed by atoms with E-state index in [0.29, 0.717) is 25.9 Å². The molecule has 1 unspecified atom stereocenters. The fraction of sp³-hybridized carbons (Fsp3) is 0.571. The minimum absolute atomic E-state index is 0.0541. The zero-order chi connectivity index (χ0) is 13.8. The molecule has 2 heterocycles. The molecule has 4 nitrogen and oxygen atoms in total. The van der Waals surface area contributed by atoms with Gasteiger partial charge in [0.1, 0.15) is 0 Å². The van der Waals surface area contributed by atoms with Crippen molar-refractivity contribution in [2.45, 2.75) is 39.3 Å². The van der Waals surface area contributed by atoms with Crippen molar-refractivity contribution >= 4 is 23.2 Å². The molecule has 0 bridgehead atoms. The van der Waals surface area contributed by atoms with Crippen LogP contribution in [-0.4, -0.2) is 29.3 Å². The third kappa shape index (κ3) is 3.56. The van der Waals surface area contributed by atoms with Gasteiger partial charge in [-0.1, -0.05) is 6.07 Å². The standard InChI is InChI=1S/C14H20N2O2S/c1-10(2)16(9-12-4-3-7-19-12)14(18)11-5-6-13(17)15-8-11/h3-4,7,10-11H,5-6,8-9H2,1-2H3,(H,15,17). The van der Waals surface area contributed by atoms with Gasteiger partial charge in [0.25, 0.3) is 0 Å². The minimum atomic E-state index is -0.0694. The van der Waals surface area contributed by atoms with Crippen molar-refractivity contribution in [3.05, 3.63) is 22.4 Å². The Morgan fingerprint density at radius 1 is 1.58 bits per heavy atom. The van der Waals surface area contributed by atoms with Crippen LogP contribution in [-0.2, 0) is 16.1 Å². The zero-order valence-corrected chi connectivity index (χ0v) is 12.2. The highest BCUT2D eigenvalue weighted by molar-refractivity contribution is 7.09. The van der Waals surface area contributed by atoms with Crippen LogP contribution in [0, 0.1) is 5.92 Å². The first-order valence-corrected chi connectivity index (χ1v) is 7.55. The molecule has 1 aliphatic rings. The fourth-order valence-corrected chi connectivity index (χ4v) is 2.97. The Kier molecular flexibility index (Phi) is 4.58. The summed E-state index contributed by atoms with van der Waals surface area (Å²) < 4.78 is 0. The van der Waals surface area contributed by atoms with Crippen molar-refractivity contribution in [2.75, 3.05) is 6.54 Å². The molecule has 0 saturated carbocycles. The van der Waals surface area contributed by atoms with E-state index in [2.05, 4.69) is 11.4 Å². The molecule has 1 aliphatic heterocycles. The summed E-state index contributed by atoms with van der Waals surface area (Å²) in [7, 11) is 0. The number of piperidine rings is 1. The third-order valence-corrected chi connectivity index (χ3v) is 4.29. The van der Waals surface area contributed by atoms with Gasteiger partial charge in [-0.2, -0.15) is 0 Å². The van der Waals surface area contributed by atoms with Crippen LogP contribution in [0.15, 0.2) is 17.5 Å². The van der Waals surface area contributed by atoms with Crippen molar-refractivity contribution in [1.29, 1.82) is 0 Å². The highest BCUT2D eigenvalue weighted by atomic mass is 32.1. The number of hydrogen-bond donors (Lipinski definition) is 1. The van der Waals surface area contributed by atoms with E-state index in [9.17, 15) is 9.59 Å². The van der Waals surface area contributed by atoms with Crippen LogP contribution in [0.3, 0.4) is 0 Å². The van der Waals surface area contributed by atoms with Gasteiger partial charge in [0.05, 0.1) is 12.5 Å². The van der Waals surface area contributed by atoms with Crippen molar-refractivity contribution in [3.63, 3.8) is 0 Å². The number of nitrogens with one attached hydrogen (secondary N) is 1. The molecule has 1 saturated heterocycles. The Hall–Kier alpha value is -1.36. The molecule has 5 heteroatoms. The Labute approximate surface area is 117 Å². The summed E-state index contributed by atoms with van der Waals surface area (Å²) in [6, 6.07) is 4.23. The lowest BCUT2D eigenvalue weighted by Gasteiger charge is -2.32. The maximum absolute atomic E-state index is 12.6. The molecular weight excluding hydrogens is 260 g/mol. The SMILES string of the molecule is CC(C)N(Cc1cccs1)C(=O)C1CCC(=O)NC1. The second-order valence-corrected chi connectivity index (χ2v) is 6.21. The van der Waals surface area contributed by atoms with E-state index in [1.165, 1.54) is 4.88 Å². The molecule has 2 rings (SSSR count). The normalized spacial score (nSPS) is 19.3. The zero-order valence-electron chi connectivity index (χ0n) is 11.4. The lowest BCUT2D eigenvalue weighted by atomic mass is 9.97. The van der Waals surface area contributed by atoms with Crippen LogP contribution >= 0.6 is 11.3 Å². The van der Waals surface area contributed by atoms with Gasteiger partial charge in [0.15, 0.2) is 0 Å². The van der Waals surface area contributed by atoms with Gasteiger partial charge in [-0.15, -0.1) is 11.3 Å². The van der Waals surface area contributed by atoms with Gasteiger partial charge in [0, 0.05) is 23.9 Å². The summed E-state index contributed by atoms with van der Waals surface area (Å²) in [6.45, 7) is 5.21. The van der Waals surface area contributed by atoms with E-state index in [0.717, 1.165) is 0 Å². The number of carbonyl (C=O) groups is 2. The maximum atomic E-state index is 12.6. The molecule has 0 spiro atoms. The quantitative estimate of drug-likeness (QED) is 0.917. The van der Waals surface area contributed by atoms with Gasteiger partial charge < -0.3 is 10.2 Å². The summed E-state index contributed by atoms with van der Waals surface area (Å²) in [6.07, 6.45) is 1.12. The molecule has 0 aliphatic carbocycles. The van der Waals surface area contributed by atoms with Gasteiger partial charge in [0.2, 0.25) is 11.8 Å². The first kappa shape index (κ1) is 14.1. The molecule has 1 aromatic rings. The molecule has 2 amide bonds. The maximum Gasteiger partial charge on any atom is 0.228 e. The number of amides is 2. The average molecular weight is 280 g/mol. The Balaban J connectivity index is 2.02. The summed E-state index contributed by atoms with van der Waals surface area (Å²) in [5, 5.41) is 4.81. The van der Waals surface area contributed by atoms with E-state index in [1.54, 1.807) is 11.3 Å². The number of carbonyl (C=O) groups excluding carboxylic acids is 2. The Bertz CT molecular complexity index is 432. The van der Waals surface area contributed by atoms with Crippen LogP contribution in [0.25, 0.3) is 0 Å². The second-order valence-electron chi connectivity index (χ2n) is 5.18. The van der Waals surface area contributed by atoms with Crippen molar-refractivity contribution < 1.29 is 9.59 Å². The first-order chi connectivity index (χ1) is 9.08. The van der Waals surface area contributed by atoms with E-state index in [1.807, 2.05) is 30.2 Å². The molecule has 1 N–H and O–H groups in total. The fourth-order valence-electron chi connectivity index (χ4n) is 2.26. The highest BCUT2D eigenvalue weighted by Crippen LogP contribution is 2.20. The average Bonchev–Trinajstić information content (AvgIpc) is 2.88. The smallest absolute Gasteiger partial charge is 0.228 e. The van der Waals surface area contributed by atoms with E-state index in [4.69, 9.17) is 0 Å². The van der Waals surface area contributed by atoms with E-state index < -0.39 is 0 Å². The Morgan fingerprint density at radius 2 is 2.37 bits per heavy atom. The van der Waals surface area contributed by atoms with Crippen LogP contribution in [0.5, 0.6) is 0 Å². The summed E-state index contributed by atoms with van der Waals surface area (Å²) in [5.41, 5.74) is 0. The summed E-state index contributed by atoms with van der Waals surface area (Å²) >= 11 is 1.67. The molecule has 104 valence electrons. The van der Waals surface area contributed by atoms with Gasteiger partial charge in [-0.25, -0.2) is 0 Å². The van der Waals surface area contributed by atoms with Crippen LogP contribution < -0.4 is 5.32 Å². The van der Waals surface area contributed by atoms with Crippen LogP contribution in [0.1, 0.15) is 31.6 Å². The largest absolute Gasteiger partial charge is 0.355 e. The number of thiophene rings is 1. The molecule has 0 radical (unpaired) electrons. The monoisotopic (exact) mass is 280 g/mol. The molecule has 1 atom stereocenters. The van der Waals surface area contributed by atoms with Crippen LogP contribution in [0.2, 0.25) is 0 Å². The predicted molar refractivity (Wildman–Crippen MR) is 75.7 cm³/mol. The minimum Gasteiger partial charge on any atom is -0.355 e.